The Balaban J connectivity index is 2.67. The van der Waals surface area contributed by atoms with E-state index in [0.717, 1.165) is 12.1 Å². The van der Waals surface area contributed by atoms with Gasteiger partial charge in [-0.2, -0.15) is 0 Å². The van der Waals surface area contributed by atoms with Crippen molar-refractivity contribution in [3.05, 3.63) is 23.5 Å². The lowest BCUT2D eigenvalue weighted by Gasteiger charge is -2.10. The van der Waals surface area contributed by atoms with Crippen LogP contribution in [0.5, 0.6) is 0 Å². The standard InChI is InChI=1S/C12H16FN3O3/c1-2-15-11(17)3-4-16-10-6-8(13)7(12(18)19)5-9(10)14/h5-6,16H,2-4,14H2,1H3,(H,15,17)(H,18,19). The number of carbonyl (C=O) groups is 2. The molecule has 7 heteroatoms. The van der Waals surface area contributed by atoms with Crippen molar-refractivity contribution in [1.29, 1.82) is 0 Å². The molecule has 0 spiro atoms. The van der Waals surface area contributed by atoms with Crippen molar-refractivity contribution < 1.29 is 19.1 Å². The number of amides is 1. The number of rotatable bonds is 6. The molecule has 0 radical (unpaired) electrons. The summed E-state index contributed by atoms with van der Waals surface area (Å²) in [6, 6.07) is 2.06. The van der Waals surface area contributed by atoms with Crippen LogP contribution in [-0.2, 0) is 4.79 Å². The Morgan fingerprint density at radius 1 is 1.42 bits per heavy atom. The highest BCUT2D eigenvalue weighted by Crippen LogP contribution is 2.23. The predicted molar refractivity (Wildman–Crippen MR) is 69.6 cm³/mol. The Hall–Kier alpha value is -2.31. The number of hydrogen-bond donors (Lipinski definition) is 4. The van der Waals surface area contributed by atoms with Crippen molar-refractivity contribution in [2.24, 2.45) is 0 Å². The van der Waals surface area contributed by atoms with Crippen LogP contribution in [0.1, 0.15) is 23.7 Å². The van der Waals surface area contributed by atoms with E-state index in [-0.39, 0.29) is 30.2 Å². The summed E-state index contributed by atoms with van der Waals surface area (Å²) in [5, 5.41) is 14.1. The van der Waals surface area contributed by atoms with Gasteiger partial charge in [0, 0.05) is 19.5 Å². The molecule has 0 saturated carbocycles. The van der Waals surface area contributed by atoms with E-state index in [1.54, 1.807) is 0 Å². The van der Waals surface area contributed by atoms with Crippen LogP contribution in [0.4, 0.5) is 15.8 Å². The van der Waals surface area contributed by atoms with Gasteiger partial charge in [0.15, 0.2) is 0 Å². The first-order valence-corrected chi connectivity index (χ1v) is 5.78. The Morgan fingerprint density at radius 2 is 2.11 bits per heavy atom. The minimum atomic E-state index is -1.38. The van der Waals surface area contributed by atoms with Crippen molar-refractivity contribution in [3.8, 4) is 0 Å². The fourth-order valence-corrected chi connectivity index (χ4v) is 1.50. The Labute approximate surface area is 109 Å². The van der Waals surface area contributed by atoms with Gasteiger partial charge in [-0.1, -0.05) is 0 Å². The highest BCUT2D eigenvalue weighted by molar-refractivity contribution is 5.90. The number of nitrogens with one attached hydrogen (secondary N) is 2. The molecular weight excluding hydrogens is 253 g/mol. The van der Waals surface area contributed by atoms with E-state index in [2.05, 4.69) is 10.6 Å². The SMILES string of the molecule is CCNC(=O)CCNc1cc(F)c(C(=O)O)cc1N. The van der Waals surface area contributed by atoms with Crippen LogP contribution >= 0.6 is 0 Å². The fraction of sp³-hybridized carbons (Fsp3) is 0.333. The second-order valence-electron chi connectivity index (χ2n) is 3.85. The number of aromatic carboxylic acids is 1. The lowest BCUT2D eigenvalue weighted by molar-refractivity contribution is -0.120. The molecule has 0 saturated heterocycles. The monoisotopic (exact) mass is 269 g/mol. The third-order valence-corrected chi connectivity index (χ3v) is 2.41. The summed E-state index contributed by atoms with van der Waals surface area (Å²) in [7, 11) is 0. The second kappa shape index (κ2) is 6.58. The molecule has 0 atom stereocenters. The van der Waals surface area contributed by atoms with Crippen molar-refractivity contribution in [3.63, 3.8) is 0 Å². The molecule has 1 aromatic carbocycles. The molecule has 0 unspecified atom stereocenters. The maximum absolute atomic E-state index is 13.4. The average molecular weight is 269 g/mol. The molecule has 1 rings (SSSR count). The Morgan fingerprint density at radius 3 is 2.68 bits per heavy atom. The number of halogens is 1. The number of nitrogens with two attached hydrogens (primary N) is 1. The number of anilines is 2. The highest BCUT2D eigenvalue weighted by Gasteiger charge is 2.13. The Kier molecular flexibility index (Phi) is 5.11. The summed E-state index contributed by atoms with van der Waals surface area (Å²) in [6.45, 7) is 2.63. The molecule has 19 heavy (non-hydrogen) atoms. The summed E-state index contributed by atoms with van der Waals surface area (Å²) < 4.78 is 13.4. The number of hydrogen-bond acceptors (Lipinski definition) is 4. The first kappa shape index (κ1) is 14.7. The van der Waals surface area contributed by atoms with Crippen molar-refractivity contribution >= 4 is 23.3 Å². The van der Waals surface area contributed by atoms with Gasteiger partial charge in [-0.15, -0.1) is 0 Å². The van der Waals surface area contributed by atoms with Gasteiger partial charge < -0.3 is 21.5 Å². The van der Waals surface area contributed by atoms with E-state index in [1.165, 1.54) is 0 Å². The van der Waals surface area contributed by atoms with Crippen molar-refractivity contribution in [2.45, 2.75) is 13.3 Å². The van der Waals surface area contributed by atoms with Crippen LogP contribution in [0.3, 0.4) is 0 Å². The molecule has 5 N–H and O–H groups in total. The molecule has 0 aliphatic carbocycles. The smallest absolute Gasteiger partial charge is 0.338 e. The number of carbonyl (C=O) groups excluding carboxylic acids is 1. The predicted octanol–water partition coefficient (Wildman–Crippen LogP) is 1.04. The van der Waals surface area contributed by atoms with E-state index in [9.17, 15) is 14.0 Å². The van der Waals surface area contributed by atoms with Crippen molar-refractivity contribution in [1.82, 2.24) is 5.32 Å². The third-order valence-electron chi connectivity index (χ3n) is 2.41. The maximum atomic E-state index is 13.4. The number of carboxylic acids is 1. The molecule has 0 fully saturated rings. The van der Waals surface area contributed by atoms with Crippen LogP contribution in [0.15, 0.2) is 12.1 Å². The minimum Gasteiger partial charge on any atom is -0.478 e. The van der Waals surface area contributed by atoms with Gasteiger partial charge in [-0.25, -0.2) is 9.18 Å². The summed E-state index contributed by atoms with van der Waals surface area (Å²) >= 11 is 0. The van der Waals surface area contributed by atoms with Crippen LogP contribution in [0.25, 0.3) is 0 Å². The van der Waals surface area contributed by atoms with E-state index in [4.69, 9.17) is 10.8 Å². The number of benzene rings is 1. The van der Waals surface area contributed by atoms with Gasteiger partial charge >= 0.3 is 5.97 Å². The third kappa shape index (κ3) is 4.13. The van der Waals surface area contributed by atoms with Crippen LogP contribution in [0.2, 0.25) is 0 Å². The minimum absolute atomic E-state index is 0.120. The first-order chi connectivity index (χ1) is 8.95. The lowest BCUT2D eigenvalue weighted by Crippen LogP contribution is -2.24. The number of carboxylic acid groups (broad SMARTS) is 1. The average Bonchev–Trinajstić information content (AvgIpc) is 2.33. The number of nitrogen functional groups attached to an aromatic ring is 1. The molecule has 104 valence electrons. The molecule has 6 nitrogen and oxygen atoms in total. The van der Waals surface area contributed by atoms with Crippen LogP contribution in [0, 0.1) is 5.82 Å². The first-order valence-electron chi connectivity index (χ1n) is 5.78. The quantitative estimate of drug-likeness (QED) is 0.578. The van der Waals surface area contributed by atoms with Gasteiger partial charge in [-0.05, 0) is 19.1 Å². The van der Waals surface area contributed by atoms with E-state index in [0.29, 0.717) is 6.54 Å². The zero-order chi connectivity index (χ0) is 14.4. The van der Waals surface area contributed by atoms with Gasteiger partial charge in [0.25, 0.3) is 0 Å². The van der Waals surface area contributed by atoms with E-state index in [1.807, 2.05) is 6.92 Å². The summed E-state index contributed by atoms with van der Waals surface area (Å²) in [5.74, 6) is -2.38. The lowest BCUT2D eigenvalue weighted by atomic mass is 10.1. The topological polar surface area (TPSA) is 104 Å². The maximum Gasteiger partial charge on any atom is 0.338 e. The summed E-state index contributed by atoms with van der Waals surface area (Å²) in [5.41, 5.74) is 5.52. The zero-order valence-electron chi connectivity index (χ0n) is 10.5. The van der Waals surface area contributed by atoms with Crippen LogP contribution in [-0.4, -0.2) is 30.1 Å². The highest BCUT2D eigenvalue weighted by atomic mass is 19.1. The Bertz CT molecular complexity index is 491. The molecule has 0 aliphatic rings. The van der Waals surface area contributed by atoms with Gasteiger partial charge in [-0.3, -0.25) is 4.79 Å². The van der Waals surface area contributed by atoms with E-state index < -0.39 is 17.3 Å². The van der Waals surface area contributed by atoms with E-state index >= 15 is 0 Å². The summed E-state index contributed by atoms with van der Waals surface area (Å²) in [6.07, 6.45) is 0.218. The molecule has 0 aromatic heterocycles. The van der Waals surface area contributed by atoms with Gasteiger partial charge in [0.2, 0.25) is 5.91 Å². The zero-order valence-corrected chi connectivity index (χ0v) is 10.5. The fourth-order valence-electron chi connectivity index (χ4n) is 1.50. The second-order valence-corrected chi connectivity index (χ2v) is 3.85. The summed E-state index contributed by atoms with van der Waals surface area (Å²) in [4.78, 5) is 21.9. The molecule has 0 bridgehead atoms. The largest absolute Gasteiger partial charge is 0.478 e. The molecule has 1 amide bonds. The normalized spacial score (nSPS) is 10.0. The molecule has 0 heterocycles. The van der Waals surface area contributed by atoms with Gasteiger partial charge in [0.1, 0.15) is 5.82 Å². The molecule has 1 aromatic rings. The van der Waals surface area contributed by atoms with Crippen LogP contribution < -0.4 is 16.4 Å². The molecule has 0 aliphatic heterocycles. The molecular formula is C12H16FN3O3. The van der Waals surface area contributed by atoms with Gasteiger partial charge in [0.05, 0.1) is 16.9 Å². The van der Waals surface area contributed by atoms with Crippen molar-refractivity contribution in [2.75, 3.05) is 24.1 Å².